The number of carbonyl (C=O) groups excluding carboxylic acids is 3. The van der Waals surface area contributed by atoms with Gasteiger partial charge in [-0.05, 0) is 62.0 Å². The van der Waals surface area contributed by atoms with Crippen LogP contribution < -0.4 is 26.0 Å². The number of benzene rings is 2. The van der Waals surface area contributed by atoms with Gasteiger partial charge in [-0.25, -0.2) is 0 Å². The summed E-state index contributed by atoms with van der Waals surface area (Å²) in [5.74, 6) is -1.04. The highest BCUT2D eigenvalue weighted by Gasteiger charge is 2.33. The lowest BCUT2D eigenvalue weighted by Gasteiger charge is -2.29. The lowest BCUT2D eigenvalue weighted by molar-refractivity contribution is -0.137. The number of hydrogen-bond donors (Lipinski definition) is 4. The van der Waals surface area contributed by atoms with Crippen LogP contribution in [0.15, 0.2) is 48.5 Å². The molecule has 0 saturated carbocycles. The lowest BCUT2D eigenvalue weighted by atomic mass is 9.99. The smallest absolute Gasteiger partial charge is 0.416 e. The van der Waals surface area contributed by atoms with Gasteiger partial charge < -0.3 is 30.9 Å². The average Bonchev–Trinajstić information content (AvgIpc) is 2.95. The summed E-state index contributed by atoms with van der Waals surface area (Å²) in [6.45, 7) is 6.57. The number of likely N-dealkylation sites (N-methyl/N-ethyl adjacent to an activating group) is 1. The zero-order chi connectivity index (χ0) is 32.4. The van der Waals surface area contributed by atoms with E-state index in [1.165, 1.54) is 12.1 Å². The fourth-order valence-corrected chi connectivity index (χ4v) is 5.03. The number of rotatable bonds is 5. The molecule has 44 heavy (non-hydrogen) atoms. The van der Waals surface area contributed by atoms with Crippen molar-refractivity contribution in [1.29, 1.82) is 0 Å². The highest BCUT2D eigenvalue weighted by molar-refractivity contribution is 5.93. The van der Waals surface area contributed by atoms with Gasteiger partial charge in [0.1, 0.15) is 24.4 Å². The molecule has 9 nitrogen and oxygen atoms in total. The Kier molecular flexibility index (Phi) is 12.6. The maximum atomic E-state index is 13.6. The second-order valence-corrected chi connectivity index (χ2v) is 12.0. The SMILES string of the molecule is CC(C)[C@H]1NC(=O)[C@@H](Cc2cccc(C(F)(F)F)c2)NCCOc2ccccc2C[C@H](C)CNC(=O)[C@H](CN(C)C)NC1=O. The van der Waals surface area contributed by atoms with Gasteiger partial charge in [-0.2, -0.15) is 13.2 Å². The first-order chi connectivity index (χ1) is 20.7. The Morgan fingerprint density at radius 1 is 0.955 bits per heavy atom. The Morgan fingerprint density at radius 2 is 1.68 bits per heavy atom. The minimum Gasteiger partial charge on any atom is -0.492 e. The topological polar surface area (TPSA) is 112 Å². The van der Waals surface area contributed by atoms with E-state index in [-0.39, 0.29) is 43.9 Å². The van der Waals surface area contributed by atoms with E-state index in [0.29, 0.717) is 24.3 Å². The summed E-state index contributed by atoms with van der Waals surface area (Å²) < 4.78 is 46.2. The standard InChI is InChI=1S/C32H44F3N5O4/c1-20(2)28-31(43)38-26(19-40(4)5)29(41)37-18-21(3)15-23-10-6-7-12-27(23)44-14-13-36-25(30(42)39-28)17-22-9-8-11-24(16-22)32(33,34)35/h6-12,16,20-21,25-26,28,36H,13-15,17-19H2,1-5H3,(H,37,41)(H,38,43)(H,39,42)/t21-,25+,26-,28+/m0/s1. The number of nitrogens with one attached hydrogen (secondary N) is 4. The molecule has 0 unspecified atom stereocenters. The van der Waals surface area contributed by atoms with Gasteiger partial charge in [-0.1, -0.05) is 57.2 Å². The molecule has 12 heteroatoms. The van der Waals surface area contributed by atoms with E-state index in [1.807, 2.05) is 31.2 Å². The van der Waals surface area contributed by atoms with Crippen LogP contribution in [0.3, 0.4) is 0 Å². The highest BCUT2D eigenvalue weighted by Crippen LogP contribution is 2.30. The summed E-state index contributed by atoms with van der Waals surface area (Å²) in [5, 5.41) is 11.6. The van der Waals surface area contributed by atoms with Crippen LogP contribution in [0.1, 0.15) is 37.5 Å². The van der Waals surface area contributed by atoms with Crippen LogP contribution in [0.25, 0.3) is 0 Å². The molecule has 0 aliphatic carbocycles. The minimum atomic E-state index is -4.53. The summed E-state index contributed by atoms with van der Waals surface area (Å²) in [6.07, 6.45) is -3.95. The molecule has 3 amide bonds. The van der Waals surface area contributed by atoms with Crippen molar-refractivity contribution in [3.05, 3.63) is 65.2 Å². The number of nitrogens with zero attached hydrogens (tertiary/aromatic N) is 1. The van der Waals surface area contributed by atoms with Crippen molar-refractivity contribution in [3.8, 4) is 5.75 Å². The second-order valence-electron chi connectivity index (χ2n) is 12.0. The first-order valence-electron chi connectivity index (χ1n) is 14.9. The molecule has 0 fully saturated rings. The monoisotopic (exact) mass is 619 g/mol. The number of fused-ring (bicyclic) bond motifs is 1. The third-order valence-corrected chi connectivity index (χ3v) is 7.35. The Labute approximate surface area is 257 Å². The number of carbonyl (C=O) groups is 3. The highest BCUT2D eigenvalue weighted by atomic mass is 19.4. The molecule has 0 saturated heterocycles. The zero-order valence-corrected chi connectivity index (χ0v) is 26.0. The lowest BCUT2D eigenvalue weighted by Crippen LogP contribution is -2.60. The Hall–Kier alpha value is -3.64. The van der Waals surface area contributed by atoms with Gasteiger partial charge in [0.2, 0.25) is 17.7 Å². The predicted octanol–water partition coefficient (Wildman–Crippen LogP) is 2.78. The summed E-state index contributed by atoms with van der Waals surface area (Å²) >= 11 is 0. The minimum absolute atomic E-state index is 0.0536. The van der Waals surface area contributed by atoms with E-state index in [0.717, 1.165) is 17.7 Å². The van der Waals surface area contributed by atoms with E-state index in [9.17, 15) is 27.6 Å². The second kappa shape index (κ2) is 15.9. The molecule has 1 aliphatic heterocycles. The van der Waals surface area contributed by atoms with E-state index < -0.39 is 41.7 Å². The number of amides is 3. The fourth-order valence-electron chi connectivity index (χ4n) is 5.03. The van der Waals surface area contributed by atoms with Gasteiger partial charge in [-0.3, -0.25) is 14.4 Å². The molecule has 0 bridgehead atoms. The van der Waals surface area contributed by atoms with E-state index in [1.54, 1.807) is 32.8 Å². The molecular formula is C32H44F3N5O4. The van der Waals surface area contributed by atoms with Gasteiger partial charge in [0.05, 0.1) is 11.6 Å². The van der Waals surface area contributed by atoms with Crippen molar-refractivity contribution in [1.82, 2.24) is 26.2 Å². The largest absolute Gasteiger partial charge is 0.492 e. The number of hydrogen-bond acceptors (Lipinski definition) is 6. The average molecular weight is 620 g/mol. The Bertz CT molecular complexity index is 1270. The van der Waals surface area contributed by atoms with Crippen LogP contribution >= 0.6 is 0 Å². The quantitative estimate of drug-likeness (QED) is 0.410. The maximum absolute atomic E-state index is 13.6. The molecule has 1 aliphatic rings. The van der Waals surface area contributed by atoms with Crippen LogP contribution in [-0.4, -0.2) is 81.1 Å². The van der Waals surface area contributed by atoms with Crippen molar-refractivity contribution in [2.75, 3.05) is 40.3 Å². The normalized spacial score (nSPS) is 23.1. The summed E-state index contributed by atoms with van der Waals surface area (Å²) in [6, 6.07) is 9.55. The van der Waals surface area contributed by atoms with Crippen LogP contribution in [0, 0.1) is 11.8 Å². The van der Waals surface area contributed by atoms with E-state index in [2.05, 4.69) is 21.3 Å². The molecule has 4 atom stereocenters. The third-order valence-electron chi connectivity index (χ3n) is 7.35. The van der Waals surface area contributed by atoms with Gasteiger partial charge in [0, 0.05) is 19.6 Å². The number of para-hydroxylation sites is 1. The van der Waals surface area contributed by atoms with Gasteiger partial charge in [-0.15, -0.1) is 0 Å². The van der Waals surface area contributed by atoms with Crippen LogP contribution in [-0.2, 0) is 33.4 Å². The summed E-state index contributed by atoms with van der Waals surface area (Å²) in [7, 11) is 3.58. The molecule has 3 rings (SSSR count). The van der Waals surface area contributed by atoms with Gasteiger partial charge in [0.15, 0.2) is 0 Å². The van der Waals surface area contributed by atoms with Crippen molar-refractivity contribution in [2.45, 2.75) is 57.9 Å². The molecule has 0 spiro atoms. The van der Waals surface area contributed by atoms with Crippen LogP contribution in [0.4, 0.5) is 13.2 Å². The number of alkyl halides is 3. The molecule has 242 valence electrons. The van der Waals surface area contributed by atoms with Crippen molar-refractivity contribution >= 4 is 17.7 Å². The third kappa shape index (κ3) is 10.5. The van der Waals surface area contributed by atoms with E-state index in [4.69, 9.17) is 4.74 Å². The molecule has 4 N–H and O–H groups in total. The Balaban J connectivity index is 1.93. The fraction of sp³-hybridized carbons (Fsp3) is 0.531. The molecule has 1 heterocycles. The number of halogens is 3. The summed E-state index contributed by atoms with van der Waals surface area (Å²) in [4.78, 5) is 42.1. The summed E-state index contributed by atoms with van der Waals surface area (Å²) in [5.41, 5.74) is 0.448. The van der Waals surface area contributed by atoms with Gasteiger partial charge >= 0.3 is 6.18 Å². The molecular weight excluding hydrogens is 575 g/mol. The molecule has 2 aromatic rings. The molecule has 2 aromatic carbocycles. The van der Waals surface area contributed by atoms with Crippen molar-refractivity contribution in [2.24, 2.45) is 11.8 Å². The first-order valence-corrected chi connectivity index (χ1v) is 14.9. The predicted molar refractivity (Wildman–Crippen MR) is 162 cm³/mol. The zero-order valence-electron chi connectivity index (χ0n) is 26.0. The van der Waals surface area contributed by atoms with E-state index >= 15 is 0 Å². The van der Waals surface area contributed by atoms with Crippen molar-refractivity contribution in [3.63, 3.8) is 0 Å². The van der Waals surface area contributed by atoms with Crippen molar-refractivity contribution < 1.29 is 32.3 Å². The maximum Gasteiger partial charge on any atom is 0.416 e. The molecule has 0 radical (unpaired) electrons. The molecule has 0 aromatic heterocycles. The first kappa shape index (κ1) is 34.8. The van der Waals surface area contributed by atoms with Crippen LogP contribution in [0.2, 0.25) is 0 Å². The Morgan fingerprint density at radius 3 is 2.36 bits per heavy atom. The van der Waals surface area contributed by atoms with Gasteiger partial charge in [0.25, 0.3) is 0 Å². The number of ether oxygens (including phenoxy) is 1. The van der Waals surface area contributed by atoms with Crippen LogP contribution in [0.5, 0.6) is 5.75 Å².